The minimum Gasteiger partial charge on any atom is -0.324 e. The fourth-order valence-electron chi connectivity index (χ4n) is 1.46. The van der Waals surface area contributed by atoms with E-state index >= 15 is 0 Å². The van der Waals surface area contributed by atoms with E-state index in [0.29, 0.717) is 0 Å². The van der Waals surface area contributed by atoms with Crippen LogP contribution >= 0.6 is 11.8 Å². The highest BCUT2D eigenvalue weighted by Gasteiger charge is 2.14. The van der Waals surface area contributed by atoms with Crippen LogP contribution in [0.5, 0.6) is 0 Å². The van der Waals surface area contributed by atoms with E-state index in [1.165, 1.54) is 24.3 Å². The van der Waals surface area contributed by atoms with Gasteiger partial charge in [-0.05, 0) is 36.7 Å². The van der Waals surface area contributed by atoms with Gasteiger partial charge in [0.2, 0.25) is 0 Å². The highest BCUT2D eigenvalue weighted by atomic mass is 32.2. The Kier molecular flexibility index (Phi) is 4.02. The SMILES string of the molecule is C=CC(N)CC1CCSCC1. The fraction of sp³-hybridized carbons (Fsp3) is 0.778. The Morgan fingerprint density at radius 2 is 2.18 bits per heavy atom. The second kappa shape index (κ2) is 4.83. The van der Waals surface area contributed by atoms with E-state index in [0.717, 1.165) is 12.3 Å². The van der Waals surface area contributed by atoms with E-state index in [-0.39, 0.29) is 6.04 Å². The summed E-state index contributed by atoms with van der Waals surface area (Å²) < 4.78 is 0. The largest absolute Gasteiger partial charge is 0.324 e. The molecule has 1 nitrogen and oxygen atoms in total. The maximum Gasteiger partial charge on any atom is 0.0223 e. The van der Waals surface area contributed by atoms with Gasteiger partial charge >= 0.3 is 0 Å². The highest BCUT2D eigenvalue weighted by Crippen LogP contribution is 2.25. The molecule has 1 atom stereocenters. The van der Waals surface area contributed by atoms with Crippen molar-refractivity contribution in [3.63, 3.8) is 0 Å². The minimum atomic E-state index is 0.225. The van der Waals surface area contributed by atoms with Crippen molar-refractivity contribution in [1.82, 2.24) is 0 Å². The zero-order valence-corrected chi connectivity index (χ0v) is 7.78. The van der Waals surface area contributed by atoms with Crippen molar-refractivity contribution in [3.8, 4) is 0 Å². The van der Waals surface area contributed by atoms with E-state index < -0.39 is 0 Å². The summed E-state index contributed by atoms with van der Waals surface area (Å²) >= 11 is 2.07. The van der Waals surface area contributed by atoms with Gasteiger partial charge in [0.05, 0.1) is 0 Å². The smallest absolute Gasteiger partial charge is 0.0223 e. The van der Waals surface area contributed by atoms with Gasteiger partial charge in [0, 0.05) is 6.04 Å². The van der Waals surface area contributed by atoms with Crippen molar-refractivity contribution >= 4 is 11.8 Å². The summed E-state index contributed by atoms with van der Waals surface area (Å²) in [7, 11) is 0. The molecule has 1 aliphatic heterocycles. The summed E-state index contributed by atoms with van der Waals surface area (Å²) in [5.74, 6) is 3.52. The molecule has 2 N–H and O–H groups in total. The lowest BCUT2D eigenvalue weighted by molar-refractivity contribution is 0.434. The van der Waals surface area contributed by atoms with E-state index in [9.17, 15) is 0 Å². The highest BCUT2D eigenvalue weighted by molar-refractivity contribution is 7.99. The molecule has 0 aromatic rings. The minimum absolute atomic E-state index is 0.225. The Bertz CT molecular complexity index is 119. The molecule has 0 aromatic heterocycles. The first-order chi connectivity index (χ1) is 5.33. The second-order valence-electron chi connectivity index (χ2n) is 3.19. The van der Waals surface area contributed by atoms with Crippen molar-refractivity contribution in [2.75, 3.05) is 11.5 Å². The van der Waals surface area contributed by atoms with Gasteiger partial charge in [-0.15, -0.1) is 6.58 Å². The summed E-state index contributed by atoms with van der Waals surface area (Å²) in [6.07, 6.45) is 5.71. The third kappa shape index (κ3) is 3.30. The van der Waals surface area contributed by atoms with Gasteiger partial charge < -0.3 is 5.73 Å². The molecule has 1 saturated heterocycles. The van der Waals surface area contributed by atoms with Crippen LogP contribution in [-0.2, 0) is 0 Å². The summed E-state index contributed by atoms with van der Waals surface area (Å²) in [6, 6.07) is 0.225. The molecule has 2 heteroatoms. The monoisotopic (exact) mass is 171 g/mol. The van der Waals surface area contributed by atoms with Crippen molar-refractivity contribution in [1.29, 1.82) is 0 Å². The molecule has 0 amide bonds. The van der Waals surface area contributed by atoms with Crippen LogP contribution in [0.1, 0.15) is 19.3 Å². The molecule has 0 aromatic carbocycles. The number of nitrogens with two attached hydrogens (primary N) is 1. The van der Waals surface area contributed by atoms with Crippen LogP contribution in [0.25, 0.3) is 0 Å². The first-order valence-corrected chi connectivity index (χ1v) is 5.44. The maximum atomic E-state index is 5.78. The van der Waals surface area contributed by atoms with Crippen LogP contribution in [0, 0.1) is 5.92 Å². The molecule has 0 aliphatic carbocycles. The van der Waals surface area contributed by atoms with Crippen molar-refractivity contribution < 1.29 is 0 Å². The lowest BCUT2D eigenvalue weighted by atomic mass is 9.95. The molecule has 0 spiro atoms. The van der Waals surface area contributed by atoms with Gasteiger partial charge in [0.1, 0.15) is 0 Å². The Morgan fingerprint density at radius 3 is 2.73 bits per heavy atom. The van der Waals surface area contributed by atoms with Crippen LogP contribution in [0.15, 0.2) is 12.7 Å². The summed E-state index contributed by atoms with van der Waals surface area (Å²) in [5.41, 5.74) is 5.78. The summed E-state index contributed by atoms with van der Waals surface area (Å²) in [6.45, 7) is 3.70. The molecule has 64 valence electrons. The Morgan fingerprint density at radius 1 is 1.55 bits per heavy atom. The zero-order valence-electron chi connectivity index (χ0n) is 6.96. The molecule has 0 bridgehead atoms. The molecule has 1 rings (SSSR count). The van der Waals surface area contributed by atoms with E-state index in [1.807, 2.05) is 6.08 Å². The van der Waals surface area contributed by atoms with E-state index in [1.54, 1.807) is 0 Å². The molecule has 1 fully saturated rings. The number of hydrogen-bond acceptors (Lipinski definition) is 2. The summed E-state index contributed by atoms with van der Waals surface area (Å²) in [4.78, 5) is 0. The Labute approximate surface area is 73.4 Å². The zero-order chi connectivity index (χ0) is 8.10. The average Bonchev–Trinajstić information content (AvgIpc) is 2.06. The molecule has 11 heavy (non-hydrogen) atoms. The van der Waals surface area contributed by atoms with Crippen LogP contribution in [0.2, 0.25) is 0 Å². The van der Waals surface area contributed by atoms with Crippen molar-refractivity contribution in [2.24, 2.45) is 11.7 Å². The fourth-order valence-corrected chi connectivity index (χ4v) is 2.67. The molecule has 1 unspecified atom stereocenters. The molecular weight excluding hydrogens is 154 g/mol. The van der Waals surface area contributed by atoms with E-state index in [4.69, 9.17) is 5.73 Å². The normalized spacial score (nSPS) is 23.0. The third-order valence-electron chi connectivity index (χ3n) is 2.25. The molecule has 1 aliphatic rings. The van der Waals surface area contributed by atoms with Gasteiger partial charge in [-0.2, -0.15) is 11.8 Å². The lowest BCUT2D eigenvalue weighted by Crippen LogP contribution is -2.23. The lowest BCUT2D eigenvalue weighted by Gasteiger charge is -2.22. The van der Waals surface area contributed by atoms with E-state index in [2.05, 4.69) is 18.3 Å². The Hall–Kier alpha value is 0.0500. The van der Waals surface area contributed by atoms with Crippen LogP contribution in [0.3, 0.4) is 0 Å². The molecular formula is C9H17NS. The van der Waals surface area contributed by atoms with Crippen molar-refractivity contribution in [2.45, 2.75) is 25.3 Å². The molecule has 0 radical (unpaired) electrons. The van der Waals surface area contributed by atoms with Crippen LogP contribution < -0.4 is 5.73 Å². The number of thioether (sulfide) groups is 1. The number of rotatable bonds is 3. The standard InChI is InChI=1S/C9H17NS/c1-2-9(10)7-8-3-5-11-6-4-8/h2,8-9H,1,3-7,10H2. The first-order valence-electron chi connectivity index (χ1n) is 4.29. The predicted octanol–water partition coefficient (Wildman–Crippen LogP) is 2.03. The Balaban J connectivity index is 2.18. The average molecular weight is 171 g/mol. The van der Waals surface area contributed by atoms with Crippen LogP contribution in [0.4, 0.5) is 0 Å². The van der Waals surface area contributed by atoms with Gasteiger partial charge in [0.15, 0.2) is 0 Å². The topological polar surface area (TPSA) is 26.0 Å². The molecule has 1 heterocycles. The third-order valence-corrected chi connectivity index (χ3v) is 3.30. The van der Waals surface area contributed by atoms with Gasteiger partial charge in [-0.1, -0.05) is 6.08 Å². The first kappa shape index (κ1) is 9.14. The van der Waals surface area contributed by atoms with Gasteiger partial charge in [-0.3, -0.25) is 0 Å². The summed E-state index contributed by atoms with van der Waals surface area (Å²) in [5, 5.41) is 0. The van der Waals surface area contributed by atoms with Gasteiger partial charge in [0.25, 0.3) is 0 Å². The second-order valence-corrected chi connectivity index (χ2v) is 4.42. The maximum absolute atomic E-state index is 5.78. The number of hydrogen-bond donors (Lipinski definition) is 1. The van der Waals surface area contributed by atoms with Gasteiger partial charge in [-0.25, -0.2) is 0 Å². The molecule has 0 saturated carbocycles. The predicted molar refractivity (Wildman–Crippen MR) is 52.8 cm³/mol. The quantitative estimate of drug-likeness (QED) is 0.658. The van der Waals surface area contributed by atoms with Crippen molar-refractivity contribution in [3.05, 3.63) is 12.7 Å². The van der Waals surface area contributed by atoms with Crippen LogP contribution in [-0.4, -0.2) is 17.5 Å².